The summed E-state index contributed by atoms with van der Waals surface area (Å²) in [5, 5.41) is 14.8. The van der Waals surface area contributed by atoms with Crippen LogP contribution in [-0.2, 0) is 0 Å². The van der Waals surface area contributed by atoms with E-state index in [2.05, 4.69) is 0 Å². The van der Waals surface area contributed by atoms with Crippen LogP contribution in [0.4, 0.5) is 0 Å². The van der Waals surface area contributed by atoms with Crippen molar-refractivity contribution in [3.05, 3.63) is 15.3 Å². The van der Waals surface area contributed by atoms with E-state index in [1.807, 2.05) is 0 Å². The van der Waals surface area contributed by atoms with Gasteiger partial charge in [0, 0.05) is 0 Å². The zero-order chi connectivity index (χ0) is 3.58. The monoisotopic (exact) mass is 310 g/mol. The molecule has 1 radical (unpaired) electrons. The summed E-state index contributed by atoms with van der Waals surface area (Å²) in [7, 11) is 0. The molecule has 0 fully saturated rings. The SMILES string of the molecule is O.O.O.O.O.O=[N+]([O-])[O-].[Gd+3]. The van der Waals surface area contributed by atoms with Crippen LogP contribution in [0.1, 0.15) is 0 Å². The Hall–Kier alpha value is 0.325. The maximum absolute atomic E-state index is 8.25. The first-order chi connectivity index (χ1) is 1.73. The maximum Gasteiger partial charge on any atom is 3.00 e. The fraction of sp³-hybridized carbons (Fsp3) is 0. The van der Waals surface area contributed by atoms with Gasteiger partial charge in [0.15, 0.2) is 0 Å². The Morgan fingerprint density at radius 3 is 0.800 bits per heavy atom. The Bertz CT molecular complexity index is 32.2. The predicted molar refractivity (Wildman–Crippen MR) is 28.4 cm³/mol. The maximum atomic E-state index is 8.25. The van der Waals surface area contributed by atoms with Crippen molar-refractivity contribution in [2.75, 3.05) is 0 Å². The Morgan fingerprint density at radius 1 is 0.800 bits per heavy atom. The van der Waals surface area contributed by atoms with Crippen molar-refractivity contribution < 1.29 is 72.4 Å². The summed E-state index contributed by atoms with van der Waals surface area (Å²) in [5.41, 5.74) is 0. The molecule has 0 aromatic rings. The average molecular weight is 309 g/mol. The van der Waals surface area contributed by atoms with Crippen LogP contribution in [0.3, 0.4) is 0 Å². The van der Waals surface area contributed by atoms with Gasteiger partial charge in [0.2, 0.25) is 0 Å². The molecule has 9 nitrogen and oxygen atoms in total. The van der Waals surface area contributed by atoms with E-state index in [4.69, 9.17) is 15.3 Å². The van der Waals surface area contributed by atoms with Gasteiger partial charge >= 0.3 is 39.9 Å². The quantitative estimate of drug-likeness (QED) is 0.319. The van der Waals surface area contributed by atoms with Gasteiger partial charge in [-0.15, -0.1) is 0 Å². The molecule has 0 saturated heterocycles. The van der Waals surface area contributed by atoms with Gasteiger partial charge in [-0.2, -0.15) is 0 Å². The van der Waals surface area contributed by atoms with Gasteiger partial charge in [-0.05, 0) is 0 Å². The third-order valence-electron chi connectivity index (χ3n) is 0. The molecule has 0 aliphatic heterocycles. The molecule has 69 valence electrons. The molecule has 10 heavy (non-hydrogen) atoms. The first kappa shape index (κ1) is 81.2. The summed E-state index contributed by atoms with van der Waals surface area (Å²) < 4.78 is 0. The van der Waals surface area contributed by atoms with Crippen LogP contribution in [0.15, 0.2) is 0 Å². The van der Waals surface area contributed by atoms with Crippen molar-refractivity contribution in [2.24, 2.45) is 0 Å². The van der Waals surface area contributed by atoms with Crippen molar-refractivity contribution >= 4 is 0 Å². The van der Waals surface area contributed by atoms with E-state index in [1.54, 1.807) is 0 Å². The molecule has 0 bridgehead atoms. The van der Waals surface area contributed by atoms with Crippen molar-refractivity contribution in [3.8, 4) is 0 Å². The van der Waals surface area contributed by atoms with E-state index in [-0.39, 0.29) is 67.3 Å². The predicted octanol–water partition coefficient (Wildman–Crippen LogP) is -4.36. The zero-order valence-corrected chi connectivity index (χ0v) is 6.79. The second-order valence-corrected chi connectivity index (χ2v) is 0.224. The standard InChI is InChI=1S/Gd.NO3.5H2O/c;2-1(3)4;;;;;/h;;5*1H2/q+3;-1;;;;;. The zero-order valence-electron chi connectivity index (χ0n) is 4.53. The Morgan fingerprint density at radius 2 is 0.800 bits per heavy atom. The van der Waals surface area contributed by atoms with Crippen LogP contribution in [0.5, 0.6) is 0 Å². The van der Waals surface area contributed by atoms with E-state index in [0.717, 1.165) is 0 Å². The molecule has 0 rings (SSSR count). The summed E-state index contributed by atoms with van der Waals surface area (Å²) in [6, 6.07) is 0. The van der Waals surface area contributed by atoms with E-state index < -0.39 is 5.09 Å². The third-order valence-corrected chi connectivity index (χ3v) is 0. The molecule has 0 aromatic carbocycles. The normalized spacial score (nSPS) is 2.40. The first-order valence-corrected chi connectivity index (χ1v) is 0.548. The minimum atomic E-state index is -1.75. The summed E-state index contributed by atoms with van der Waals surface area (Å²) in [5.74, 6) is 0. The molecule has 0 aromatic heterocycles. The fourth-order valence-corrected chi connectivity index (χ4v) is 0. The molecule has 0 atom stereocenters. The van der Waals surface area contributed by atoms with Gasteiger partial charge in [-0.1, -0.05) is 0 Å². The molecular formula is H10GdNO8+2. The average Bonchev–Trinajstić information content (AvgIpc) is 0.811. The molecule has 0 heterocycles. The smallest absolute Gasteiger partial charge is 0.412 e. The van der Waals surface area contributed by atoms with Crippen LogP contribution in [0.2, 0.25) is 0 Å². The molecule has 0 aliphatic rings. The van der Waals surface area contributed by atoms with Crippen molar-refractivity contribution in [2.45, 2.75) is 0 Å². The largest absolute Gasteiger partial charge is 3.00 e. The van der Waals surface area contributed by atoms with Crippen LogP contribution in [-0.4, -0.2) is 32.5 Å². The summed E-state index contributed by atoms with van der Waals surface area (Å²) in [6.45, 7) is 0. The Labute approximate surface area is 87.4 Å². The Balaban J connectivity index is -0.00000000300. The fourth-order valence-electron chi connectivity index (χ4n) is 0. The molecule has 0 unspecified atom stereocenters. The van der Waals surface area contributed by atoms with E-state index in [9.17, 15) is 0 Å². The molecule has 10 heteroatoms. The first-order valence-electron chi connectivity index (χ1n) is 0.548. The van der Waals surface area contributed by atoms with Crippen LogP contribution < -0.4 is 0 Å². The summed E-state index contributed by atoms with van der Waals surface area (Å²) in [6.07, 6.45) is 0. The number of rotatable bonds is 0. The minimum Gasteiger partial charge on any atom is -0.412 e. The van der Waals surface area contributed by atoms with Gasteiger partial charge in [-0.25, -0.2) is 0 Å². The molecule has 0 spiro atoms. The molecule has 0 aliphatic carbocycles. The second kappa shape index (κ2) is 58.5. The van der Waals surface area contributed by atoms with E-state index in [1.165, 1.54) is 0 Å². The van der Waals surface area contributed by atoms with Gasteiger partial charge in [-0.3, -0.25) is 0 Å². The van der Waals surface area contributed by atoms with Gasteiger partial charge in [0.05, 0.1) is 5.09 Å². The van der Waals surface area contributed by atoms with Crippen LogP contribution in [0.25, 0.3) is 0 Å². The number of nitrogens with zero attached hydrogens (tertiary/aromatic N) is 1. The van der Waals surface area contributed by atoms with Crippen LogP contribution in [0, 0.1) is 55.3 Å². The number of hydrogen-bond acceptors (Lipinski definition) is 3. The summed E-state index contributed by atoms with van der Waals surface area (Å²) >= 11 is 0. The number of hydrogen-bond donors (Lipinski definition) is 0. The molecule has 10 N–H and O–H groups in total. The van der Waals surface area contributed by atoms with Crippen LogP contribution >= 0.6 is 0 Å². The topological polar surface area (TPSA) is 224 Å². The summed E-state index contributed by atoms with van der Waals surface area (Å²) in [4.78, 5) is 8.25. The molecular weight excluding hydrogens is 299 g/mol. The van der Waals surface area contributed by atoms with Gasteiger partial charge in [0.1, 0.15) is 0 Å². The molecule has 0 saturated carbocycles. The minimum absolute atomic E-state index is 0. The van der Waals surface area contributed by atoms with Gasteiger partial charge < -0.3 is 42.7 Å². The Kier molecular flexibility index (Phi) is 475. The van der Waals surface area contributed by atoms with E-state index in [0.29, 0.717) is 0 Å². The second-order valence-electron chi connectivity index (χ2n) is 0.224. The molecule has 0 amide bonds. The van der Waals surface area contributed by atoms with E-state index >= 15 is 0 Å². The van der Waals surface area contributed by atoms with Crippen molar-refractivity contribution in [1.29, 1.82) is 0 Å². The van der Waals surface area contributed by atoms with Crippen molar-refractivity contribution in [1.82, 2.24) is 0 Å². The van der Waals surface area contributed by atoms with Crippen molar-refractivity contribution in [3.63, 3.8) is 0 Å². The van der Waals surface area contributed by atoms with Gasteiger partial charge in [0.25, 0.3) is 0 Å². The third kappa shape index (κ3) is 4240.